The monoisotopic (exact) mass is 305 g/mol. The van der Waals surface area contributed by atoms with Gasteiger partial charge in [-0.3, -0.25) is 9.59 Å². The number of nitrogens with zero attached hydrogens (tertiary/aromatic N) is 2. The van der Waals surface area contributed by atoms with E-state index in [1.165, 1.54) is 11.0 Å². The van der Waals surface area contributed by atoms with Crippen molar-refractivity contribution in [3.63, 3.8) is 0 Å². The van der Waals surface area contributed by atoms with Crippen molar-refractivity contribution in [1.29, 1.82) is 0 Å². The zero-order valence-corrected chi connectivity index (χ0v) is 12.6. The van der Waals surface area contributed by atoms with Crippen LogP contribution >= 0.6 is 11.6 Å². The highest BCUT2D eigenvalue weighted by atomic mass is 35.5. The van der Waals surface area contributed by atoms with Crippen molar-refractivity contribution in [2.24, 2.45) is 0 Å². The summed E-state index contributed by atoms with van der Waals surface area (Å²) < 4.78 is 0. The molecule has 0 unspecified atom stereocenters. The number of likely N-dealkylation sites (N-methyl/N-ethyl adjacent to an activating group) is 2. The van der Waals surface area contributed by atoms with E-state index in [0.29, 0.717) is 17.6 Å². The van der Waals surface area contributed by atoms with E-state index in [0.717, 1.165) is 5.39 Å². The molecule has 2 rings (SSSR count). The molecule has 0 spiro atoms. The Hall–Kier alpha value is -2.14. The fourth-order valence-electron chi connectivity index (χ4n) is 2.07. The Bertz CT molecular complexity index is 688. The van der Waals surface area contributed by atoms with Crippen molar-refractivity contribution in [2.45, 2.75) is 6.92 Å². The number of aromatic nitrogens is 1. The number of fused-ring (bicyclic) bond motifs is 1. The van der Waals surface area contributed by atoms with Crippen LogP contribution in [-0.2, 0) is 4.79 Å². The fraction of sp³-hybridized carbons (Fsp3) is 0.267. The lowest BCUT2D eigenvalue weighted by atomic mass is 10.1. The predicted octanol–water partition coefficient (Wildman–Crippen LogP) is 2.10. The molecule has 2 aromatic rings. The highest BCUT2D eigenvalue weighted by Gasteiger charge is 2.18. The summed E-state index contributed by atoms with van der Waals surface area (Å²) in [6.45, 7) is 2.36. The minimum absolute atomic E-state index is 0.000935. The fourth-order valence-corrected chi connectivity index (χ4v) is 2.27. The second kappa shape index (κ2) is 6.54. The zero-order chi connectivity index (χ0) is 15.4. The van der Waals surface area contributed by atoms with Crippen LogP contribution in [-0.4, -0.2) is 41.8 Å². The zero-order valence-electron chi connectivity index (χ0n) is 11.9. The molecule has 1 aromatic carbocycles. The molecule has 0 fully saturated rings. The van der Waals surface area contributed by atoms with Crippen LogP contribution in [0.3, 0.4) is 0 Å². The van der Waals surface area contributed by atoms with Crippen LogP contribution in [0, 0.1) is 0 Å². The number of carbonyl (C=O) groups excluding carboxylic acids is 2. The summed E-state index contributed by atoms with van der Waals surface area (Å²) in [5.41, 5.74) is 1.09. The summed E-state index contributed by atoms with van der Waals surface area (Å²) in [7, 11) is 1.58. The first-order chi connectivity index (χ1) is 10.0. The summed E-state index contributed by atoms with van der Waals surface area (Å²) in [6, 6.07) is 8.80. The molecule has 5 nitrogen and oxygen atoms in total. The van der Waals surface area contributed by atoms with Crippen LogP contribution in [0.15, 0.2) is 30.3 Å². The van der Waals surface area contributed by atoms with E-state index in [1.54, 1.807) is 13.1 Å². The topological polar surface area (TPSA) is 62.3 Å². The van der Waals surface area contributed by atoms with E-state index in [1.807, 2.05) is 25.1 Å². The first kappa shape index (κ1) is 15.3. The van der Waals surface area contributed by atoms with E-state index < -0.39 is 0 Å². The Morgan fingerprint density at radius 3 is 2.76 bits per heavy atom. The van der Waals surface area contributed by atoms with Gasteiger partial charge in [0.2, 0.25) is 5.91 Å². The Labute approximate surface area is 127 Å². The molecule has 0 atom stereocenters. The van der Waals surface area contributed by atoms with Gasteiger partial charge in [-0.15, -0.1) is 0 Å². The number of hydrogen-bond donors (Lipinski definition) is 1. The van der Waals surface area contributed by atoms with Crippen LogP contribution in [0.1, 0.15) is 17.3 Å². The normalized spacial score (nSPS) is 10.4. The molecule has 0 bridgehead atoms. The standard InChI is InChI=1S/C15H16ClN3O2/c1-3-17-14(20)9-19(2)15(21)11-8-13(16)18-12-7-5-4-6-10(11)12/h4-8H,3,9H2,1-2H3,(H,17,20). The van der Waals surface area contributed by atoms with Crippen molar-refractivity contribution < 1.29 is 9.59 Å². The molecule has 21 heavy (non-hydrogen) atoms. The minimum Gasteiger partial charge on any atom is -0.355 e. The summed E-state index contributed by atoms with van der Waals surface area (Å²) in [5, 5.41) is 3.63. The first-order valence-electron chi connectivity index (χ1n) is 6.60. The van der Waals surface area contributed by atoms with Gasteiger partial charge in [0, 0.05) is 19.0 Å². The van der Waals surface area contributed by atoms with Gasteiger partial charge in [-0.25, -0.2) is 4.98 Å². The highest BCUT2D eigenvalue weighted by Crippen LogP contribution is 2.21. The summed E-state index contributed by atoms with van der Waals surface area (Å²) in [5.74, 6) is -0.459. The van der Waals surface area contributed by atoms with E-state index in [9.17, 15) is 9.59 Å². The smallest absolute Gasteiger partial charge is 0.254 e. The summed E-state index contributed by atoms with van der Waals surface area (Å²) in [4.78, 5) is 29.6. The number of para-hydroxylation sites is 1. The molecule has 0 saturated heterocycles. The van der Waals surface area contributed by atoms with E-state index in [4.69, 9.17) is 11.6 Å². The number of amides is 2. The number of pyridine rings is 1. The quantitative estimate of drug-likeness (QED) is 0.880. The lowest BCUT2D eigenvalue weighted by Gasteiger charge is -2.17. The molecular weight excluding hydrogens is 290 g/mol. The van der Waals surface area contributed by atoms with E-state index >= 15 is 0 Å². The van der Waals surface area contributed by atoms with Crippen molar-refractivity contribution in [3.05, 3.63) is 41.0 Å². The van der Waals surface area contributed by atoms with Gasteiger partial charge < -0.3 is 10.2 Å². The number of halogens is 1. The summed E-state index contributed by atoms with van der Waals surface area (Å²) >= 11 is 5.97. The Balaban J connectivity index is 2.32. The number of benzene rings is 1. The van der Waals surface area contributed by atoms with Gasteiger partial charge in [0.1, 0.15) is 5.15 Å². The number of hydrogen-bond acceptors (Lipinski definition) is 3. The maximum absolute atomic E-state index is 12.5. The third-order valence-corrected chi connectivity index (χ3v) is 3.21. The van der Waals surface area contributed by atoms with Crippen LogP contribution < -0.4 is 5.32 Å². The number of rotatable bonds is 4. The largest absolute Gasteiger partial charge is 0.355 e. The maximum atomic E-state index is 12.5. The lowest BCUT2D eigenvalue weighted by molar-refractivity contribution is -0.121. The van der Waals surface area contributed by atoms with Gasteiger partial charge in [0.25, 0.3) is 5.91 Å². The van der Waals surface area contributed by atoms with Crippen molar-refractivity contribution >= 4 is 34.3 Å². The molecule has 0 aliphatic carbocycles. The van der Waals surface area contributed by atoms with Gasteiger partial charge in [0.05, 0.1) is 17.6 Å². The maximum Gasteiger partial charge on any atom is 0.254 e. The number of carbonyl (C=O) groups is 2. The predicted molar refractivity (Wildman–Crippen MR) is 82.4 cm³/mol. The average molecular weight is 306 g/mol. The van der Waals surface area contributed by atoms with Crippen molar-refractivity contribution in [1.82, 2.24) is 15.2 Å². The third-order valence-electron chi connectivity index (χ3n) is 3.02. The summed E-state index contributed by atoms with van der Waals surface area (Å²) in [6.07, 6.45) is 0. The molecule has 0 aliphatic rings. The molecule has 0 radical (unpaired) electrons. The molecule has 1 aromatic heterocycles. The van der Waals surface area contributed by atoms with E-state index in [-0.39, 0.29) is 23.5 Å². The molecule has 2 amide bonds. The molecule has 0 saturated carbocycles. The van der Waals surface area contributed by atoms with Gasteiger partial charge in [-0.05, 0) is 19.1 Å². The van der Waals surface area contributed by atoms with Crippen molar-refractivity contribution in [2.75, 3.05) is 20.1 Å². The second-order valence-corrected chi connectivity index (χ2v) is 5.01. The van der Waals surface area contributed by atoms with Crippen molar-refractivity contribution in [3.8, 4) is 0 Å². The molecule has 0 aliphatic heterocycles. The molecule has 1 N–H and O–H groups in total. The minimum atomic E-state index is -0.262. The van der Waals surface area contributed by atoms with Gasteiger partial charge in [-0.2, -0.15) is 0 Å². The highest BCUT2D eigenvalue weighted by molar-refractivity contribution is 6.30. The molecular formula is C15H16ClN3O2. The second-order valence-electron chi connectivity index (χ2n) is 4.62. The van der Waals surface area contributed by atoms with Crippen LogP contribution in [0.5, 0.6) is 0 Å². The van der Waals surface area contributed by atoms with Gasteiger partial charge in [0.15, 0.2) is 0 Å². The first-order valence-corrected chi connectivity index (χ1v) is 6.98. The average Bonchev–Trinajstić information content (AvgIpc) is 2.45. The third kappa shape index (κ3) is 3.49. The van der Waals surface area contributed by atoms with Crippen LogP contribution in [0.2, 0.25) is 5.15 Å². The van der Waals surface area contributed by atoms with Crippen LogP contribution in [0.25, 0.3) is 10.9 Å². The Morgan fingerprint density at radius 1 is 1.33 bits per heavy atom. The van der Waals surface area contributed by atoms with Crippen LogP contribution in [0.4, 0.5) is 0 Å². The lowest BCUT2D eigenvalue weighted by Crippen LogP contribution is -2.38. The molecule has 110 valence electrons. The van der Waals surface area contributed by atoms with Gasteiger partial charge >= 0.3 is 0 Å². The Morgan fingerprint density at radius 2 is 2.05 bits per heavy atom. The Kier molecular flexibility index (Phi) is 4.75. The SMILES string of the molecule is CCNC(=O)CN(C)C(=O)c1cc(Cl)nc2ccccc12. The molecule has 1 heterocycles. The van der Waals surface area contributed by atoms with Gasteiger partial charge in [-0.1, -0.05) is 29.8 Å². The molecule has 6 heteroatoms. The van der Waals surface area contributed by atoms with E-state index in [2.05, 4.69) is 10.3 Å². The number of nitrogens with one attached hydrogen (secondary N) is 1.